The number of hydrogen-bond acceptors (Lipinski definition) is 3. The van der Waals surface area contributed by atoms with Crippen LogP contribution in [0.4, 0.5) is 0 Å². The third kappa shape index (κ3) is 2.41. The molecule has 2 nitrogen and oxygen atoms in total. The first kappa shape index (κ1) is 12.7. The average Bonchev–Trinajstić information content (AvgIpc) is 2.83. The first-order chi connectivity index (χ1) is 7.68. The van der Waals surface area contributed by atoms with Crippen molar-refractivity contribution in [3.8, 4) is 0 Å². The van der Waals surface area contributed by atoms with E-state index in [4.69, 9.17) is 5.73 Å². The van der Waals surface area contributed by atoms with Gasteiger partial charge in [0.25, 0.3) is 0 Å². The number of nitrogens with two attached hydrogens (primary N) is 1. The molecular formula is C13H25NOS. The van der Waals surface area contributed by atoms with Crippen molar-refractivity contribution in [3.63, 3.8) is 0 Å². The number of aliphatic hydroxyl groups is 1. The molecule has 1 aliphatic heterocycles. The SMILES string of the molecule is CC1CCC(CN)(C(O)C2CCSC2)CC1. The van der Waals surface area contributed by atoms with Crippen molar-refractivity contribution in [2.45, 2.75) is 45.1 Å². The Bertz CT molecular complexity index is 220. The van der Waals surface area contributed by atoms with Gasteiger partial charge in [-0.25, -0.2) is 0 Å². The molecule has 2 unspecified atom stereocenters. The van der Waals surface area contributed by atoms with Crippen LogP contribution in [0.2, 0.25) is 0 Å². The number of aliphatic hydroxyl groups excluding tert-OH is 1. The lowest BCUT2D eigenvalue weighted by Crippen LogP contribution is -2.47. The van der Waals surface area contributed by atoms with Gasteiger partial charge in [0.1, 0.15) is 0 Å². The second kappa shape index (κ2) is 5.28. The molecule has 16 heavy (non-hydrogen) atoms. The Labute approximate surface area is 103 Å². The molecule has 2 rings (SSSR count). The topological polar surface area (TPSA) is 46.2 Å². The van der Waals surface area contributed by atoms with E-state index in [1.807, 2.05) is 11.8 Å². The monoisotopic (exact) mass is 243 g/mol. The maximum absolute atomic E-state index is 10.6. The zero-order valence-electron chi connectivity index (χ0n) is 10.3. The predicted molar refractivity (Wildman–Crippen MR) is 70.6 cm³/mol. The Balaban J connectivity index is 2.02. The van der Waals surface area contributed by atoms with Crippen LogP contribution in [0, 0.1) is 17.3 Å². The van der Waals surface area contributed by atoms with Crippen molar-refractivity contribution in [2.24, 2.45) is 23.0 Å². The predicted octanol–water partition coefficient (Wildman–Crippen LogP) is 2.26. The molecular weight excluding hydrogens is 218 g/mol. The lowest BCUT2D eigenvalue weighted by molar-refractivity contribution is -0.0368. The van der Waals surface area contributed by atoms with Crippen LogP contribution in [0.3, 0.4) is 0 Å². The summed E-state index contributed by atoms with van der Waals surface area (Å²) in [5.41, 5.74) is 6.03. The van der Waals surface area contributed by atoms with Gasteiger partial charge in [0.2, 0.25) is 0 Å². The molecule has 1 aliphatic carbocycles. The molecule has 3 N–H and O–H groups in total. The number of hydrogen-bond donors (Lipinski definition) is 2. The van der Waals surface area contributed by atoms with E-state index < -0.39 is 0 Å². The second-order valence-electron chi connectivity index (χ2n) is 5.82. The van der Waals surface area contributed by atoms with Crippen molar-refractivity contribution in [3.05, 3.63) is 0 Å². The fourth-order valence-corrected chi connectivity index (χ4v) is 4.55. The number of thioether (sulfide) groups is 1. The van der Waals surface area contributed by atoms with Crippen molar-refractivity contribution < 1.29 is 5.11 Å². The van der Waals surface area contributed by atoms with Crippen LogP contribution < -0.4 is 5.73 Å². The summed E-state index contributed by atoms with van der Waals surface area (Å²) in [5, 5.41) is 10.6. The Kier molecular flexibility index (Phi) is 4.20. The van der Waals surface area contributed by atoms with Crippen LogP contribution in [0.1, 0.15) is 39.0 Å². The third-order valence-corrected chi connectivity index (χ3v) is 5.90. The first-order valence-corrected chi connectivity index (χ1v) is 7.79. The minimum atomic E-state index is -0.153. The van der Waals surface area contributed by atoms with E-state index in [0.717, 1.165) is 24.5 Å². The van der Waals surface area contributed by atoms with Crippen molar-refractivity contribution in [1.82, 2.24) is 0 Å². The summed E-state index contributed by atoms with van der Waals surface area (Å²) >= 11 is 1.98. The highest BCUT2D eigenvalue weighted by atomic mass is 32.2. The van der Waals surface area contributed by atoms with E-state index in [1.54, 1.807) is 0 Å². The smallest absolute Gasteiger partial charge is 0.0644 e. The molecule has 0 radical (unpaired) electrons. The highest BCUT2D eigenvalue weighted by Gasteiger charge is 2.43. The quantitative estimate of drug-likeness (QED) is 0.799. The van der Waals surface area contributed by atoms with Gasteiger partial charge in [-0.2, -0.15) is 11.8 Å². The van der Waals surface area contributed by atoms with Crippen molar-refractivity contribution >= 4 is 11.8 Å². The normalized spacial score (nSPS) is 42.2. The number of rotatable bonds is 3. The molecule has 2 aliphatic rings. The van der Waals surface area contributed by atoms with Gasteiger partial charge in [0, 0.05) is 12.0 Å². The Hall–Kier alpha value is 0.270. The Morgan fingerprint density at radius 3 is 2.56 bits per heavy atom. The molecule has 94 valence electrons. The highest BCUT2D eigenvalue weighted by molar-refractivity contribution is 7.99. The molecule has 3 heteroatoms. The molecule has 0 bridgehead atoms. The summed E-state index contributed by atoms with van der Waals surface area (Å²) in [6, 6.07) is 0. The summed E-state index contributed by atoms with van der Waals surface area (Å²) in [6.07, 6.45) is 5.78. The standard InChI is InChI=1S/C13H25NOS/c1-10-2-5-13(9-14,6-3-10)12(15)11-4-7-16-8-11/h10-12,15H,2-9,14H2,1H3. The molecule has 0 aromatic carbocycles. The maximum Gasteiger partial charge on any atom is 0.0644 e. The van der Waals surface area contributed by atoms with E-state index in [2.05, 4.69) is 6.92 Å². The molecule has 0 aromatic rings. The van der Waals surface area contributed by atoms with Crippen LogP contribution >= 0.6 is 11.8 Å². The Morgan fingerprint density at radius 1 is 1.38 bits per heavy atom. The molecule has 2 fully saturated rings. The van der Waals surface area contributed by atoms with Gasteiger partial charge in [-0.1, -0.05) is 19.8 Å². The molecule has 1 saturated heterocycles. The zero-order chi connectivity index (χ0) is 11.6. The summed E-state index contributed by atoms with van der Waals surface area (Å²) in [7, 11) is 0. The molecule has 2 atom stereocenters. The van der Waals surface area contributed by atoms with Crippen LogP contribution in [-0.2, 0) is 0 Å². The van der Waals surface area contributed by atoms with E-state index in [1.165, 1.54) is 25.0 Å². The van der Waals surface area contributed by atoms with Crippen LogP contribution in [0.5, 0.6) is 0 Å². The van der Waals surface area contributed by atoms with E-state index in [9.17, 15) is 5.11 Å². The molecule has 0 amide bonds. The molecule has 0 aromatic heterocycles. The minimum absolute atomic E-state index is 0.0437. The summed E-state index contributed by atoms with van der Waals surface area (Å²) < 4.78 is 0. The average molecular weight is 243 g/mol. The first-order valence-electron chi connectivity index (χ1n) is 6.64. The maximum atomic E-state index is 10.6. The highest BCUT2D eigenvalue weighted by Crippen LogP contribution is 2.45. The summed E-state index contributed by atoms with van der Waals surface area (Å²) in [5.74, 6) is 3.68. The summed E-state index contributed by atoms with van der Waals surface area (Å²) in [4.78, 5) is 0. The van der Waals surface area contributed by atoms with Crippen LogP contribution in [0.25, 0.3) is 0 Å². The largest absolute Gasteiger partial charge is 0.392 e. The fraction of sp³-hybridized carbons (Fsp3) is 1.00. The van der Waals surface area contributed by atoms with E-state index in [-0.39, 0.29) is 11.5 Å². The lowest BCUT2D eigenvalue weighted by atomic mass is 9.65. The second-order valence-corrected chi connectivity index (χ2v) is 6.97. The minimum Gasteiger partial charge on any atom is -0.392 e. The van der Waals surface area contributed by atoms with Crippen molar-refractivity contribution in [1.29, 1.82) is 0 Å². The molecule has 1 saturated carbocycles. The van der Waals surface area contributed by atoms with Gasteiger partial charge in [0.05, 0.1) is 6.10 Å². The van der Waals surface area contributed by atoms with Crippen LogP contribution in [0.15, 0.2) is 0 Å². The van der Waals surface area contributed by atoms with Crippen molar-refractivity contribution in [2.75, 3.05) is 18.1 Å². The summed E-state index contributed by atoms with van der Waals surface area (Å²) in [6.45, 7) is 2.99. The van der Waals surface area contributed by atoms with Crippen LogP contribution in [-0.4, -0.2) is 29.3 Å². The van der Waals surface area contributed by atoms with E-state index in [0.29, 0.717) is 12.5 Å². The third-order valence-electron chi connectivity index (χ3n) is 4.72. The lowest BCUT2D eigenvalue weighted by Gasteiger charge is -2.44. The zero-order valence-corrected chi connectivity index (χ0v) is 11.1. The van der Waals surface area contributed by atoms with Gasteiger partial charge >= 0.3 is 0 Å². The van der Waals surface area contributed by atoms with Gasteiger partial charge in [0.15, 0.2) is 0 Å². The van der Waals surface area contributed by atoms with E-state index >= 15 is 0 Å². The fourth-order valence-electron chi connectivity index (χ4n) is 3.26. The molecule has 1 heterocycles. The van der Waals surface area contributed by atoms with Gasteiger partial charge in [-0.15, -0.1) is 0 Å². The van der Waals surface area contributed by atoms with Gasteiger partial charge in [-0.05, 0) is 42.6 Å². The molecule has 0 spiro atoms. The Morgan fingerprint density at radius 2 is 2.06 bits per heavy atom. The van der Waals surface area contributed by atoms with Gasteiger partial charge in [-0.3, -0.25) is 0 Å². The van der Waals surface area contributed by atoms with Gasteiger partial charge < -0.3 is 10.8 Å².